The van der Waals surface area contributed by atoms with Crippen molar-refractivity contribution in [3.8, 4) is 0 Å². The number of hydrogen-bond acceptors (Lipinski definition) is 3. The smallest absolute Gasteiger partial charge is 0.426 e. The number of carbonyl (C=O) groups excluding carboxylic acids is 1. The summed E-state index contributed by atoms with van der Waals surface area (Å²) in [6.07, 6.45) is -2.54. The minimum atomic E-state index is -5.05. The maximum atomic E-state index is 14.9. The third-order valence-electron chi connectivity index (χ3n) is 9.68. The lowest BCUT2D eigenvalue weighted by Crippen LogP contribution is -2.56. The number of fused-ring (bicyclic) bond motifs is 3. The molecule has 2 aromatic carbocycles. The Balaban J connectivity index is 1.52. The van der Waals surface area contributed by atoms with Gasteiger partial charge in [-0.1, -0.05) is 48.0 Å². The standard InChI is InChI=1S/C31H35F4NO4/c1-19-3-5-20(6-4-19)18-29-15-16-36(27(39)30(40)13-11-21(12-14-30)26(37)38)25(29)10-7-22-17-23(8-9-24(22)29)28(2,32)31(33,34)35/h3-6,8-9,17,21,25,40H,7,10-16,18H2,1-2H3,(H,37,38). The monoisotopic (exact) mass is 561 g/mol. The molecule has 1 aliphatic heterocycles. The first kappa shape index (κ1) is 28.6. The molecule has 2 N–H and O–H groups in total. The van der Waals surface area contributed by atoms with Gasteiger partial charge in [0, 0.05) is 18.0 Å². The fourth-order valence-electron chi connectivity index (χ4n) is 7.16. The molecule has 3 aliphatic rings. The van der Waals surface area contributed by atoms with Gasteiger partial charge in [0.2, 0.25) is 5.67 Å². The van der Waals surface area contributed by atoms with Crippen molar-refractivity contribution >= 4 is 11.9 Å². The lowest BCUT2D eigenvalue weighted by molar-refractivity contribution is -0.228. The molecular formula is C31H35F4NO4. The van der Waals surface area contributed by atoms with Crippen molar-refractivity contribution in [3.05, 3.63) is 70.3 Å². The molecule has 216 valence electrons. The number of alkyl halides is 4. The summed E-state index contributed by atoms with van der Waals surface area (Å²) in [5.74, 6) is -1.91. The molecule has 3 atom stereocenters. The summed E-state index contributed by atoms with van der Waals surface area (Å²) in [5, 5.41) is 20.7. The van der Waals surface area contributed by atoms with E-state index in [9.17, 15) is 37.4 Å². The van der Waals surface area contributed by atoms with E-state index in [0.29, 0.717) is 44.7 Å². The van der Waals surface area contributed by atoms with Crippen molar-refractivity contribution in [2.24, 2.45) is 5.92 Å². The fraction of sp³-hybridized carbons (Fsp3) is 0.548. The molecule has 1 amide bonds. The van der Waals surface area contributed by atoms with Gasteiger partial charge in [-0.3, -0.25) is 9.59 Å². The second-order valence-corrected chi connectivity index (χ2v) is 12.1. The molecule has 0 bridgehead atoms. The second kappa shape index (κ2) is 9.86. The van der Waals surface area contributed by atoms with E-state index in [1.807, 2.05) is 31.2 Å². The normalized spacial score (nSPS) is 29.8. The quantitative estimate of drug-likeness (QED) is 0.454. The van der Waals surface area contributed by atoms with E-state index in [1.165, 1.54) is 12.1 Å². The van der Waals surface area contributed by atoms with E-state index in [-0.39, 0.29) is 31.7 Å². The van der Waals surface area contributed by atoms with Crippen LogP contribution in [0.1, 0.15) is 73.3 Å². The zero-order valence-electron chi connectivity index (χ0n) is 22.7. The maximum Gasteiger partial charge on any atom is 0.426 e. The molecular weight excluding hydrogens is 526 g/mol. The number of carboxylic acids is 1. The molecule has 40 heavy (non-hydrogen) atoms. The first-order chi connectivity index (χ1) is 18.7. The lowest BCUT2D eigenvalue weighted by Gasteiger charge is -2.46. The van der Waals surface area contributed by atoms with Crippen LogP contribution < -0.4 is 0 Å². The summed E-state index contributed by atoms with van der Waals surface area (Å²) >= 11 is 0. The first-order valence-electron chi connectivity index (χ1n) is 13.9. The van der Waals surface area contributed by atoms with E-state index >= 15 is 0 Å². The van der Waals surface area contributed by atoms with E-state index in [0.717, 1.165) is 16.7 Å². The molecule has 9 heteroatoms. The highest BCUT2D eigenvalue weighted by Crippen LogP contribution is 2.52. The summed E-state index contributed by atoms with van der Waals surface area (Å²) in [5.41, 5.74) is -2.59. The third-order valence-corrected chi connectivity index (χ3v) is 9.68. The summed E-state index contributed by atoms with van der Waals surface area (Å²) in [6.45, 7) is 2.88. The molecule has 2 fully saturated rings. The molecule has 5 rings (SSSR count). The first-order valence-corrected chi connectivity index (χ1v) is 13.9. The number of amides is 1. The van der Waals surface area contributed by atoms with Gasteiger partial charge >= 0.3 is 12.1 Å². The summed E-state index contributed by atoms with van der Waals surface area (Å²) < 4.78 is 55.4. The number of halogens is 4. The van der Waals surface area contributed by atoms with Crippen molar-refractivity contribution in [2.45, 2.75) is 94.1 Å². The predicted octanol–water partition coefficient (Wildman–Crippen LogP) is 5.78. The van der Waals surface area contributed by atoms with Crippen LogP contribution in [0.5, 0.6) is 0 Å². The topological polar surface area (TPSA) is 77.8 Å². The number of aryl methyl sites for hydroxylation is 2. The highest BCUT2D eigenvalue weighted by atomic mass is 19.4. The van der Waals surface area contributed by atoms with Crippen molar-refractivity contribution in [1.29, 1.82) is 0 Å². The number of aliphatic carboxylic acids is 1. The molecule has 0 aromatic heterocycles. The Bertz CT molecular complexity index is 1300. The van der Waals surface area contributed by atoms with Crippen molar-refractivity contribution < 1.29 is 37.4 Å². The van der Waals surface area contributed by atoms with Crippen LogP contribution >= 0.6 is 0 Å². The van der Waals surface area contributed by atoms with Gasteiger partial charge in [-0.2, -0.15) is 13.2 Å². The van der Waals surface area contributed by atoms with Crippen LogP contribution in [-0.4, -0.2) is 51.4 Å². The number of benzene rings is 2. The van der Waals surface area contributed by atoms with E-state index < -0.39 is 46.2 Å². The number of hydrogen-bond donors (Lipinski definition) is 2. The molecule has 1 heterocycles. The minimum Gasteiger partial charge on any atom is -0.481 e. The van der Waals surface area contributed by atoms with Gasteiger partial charge in [0.1, 0.15) is 5.60 Å². The van der Waals surface area contributed by atoms with Crippen molar-refractivity contribution in [1.82, 2.24) is 4.90 Å². The van der Waals surface area contributed by atoms with Gasteiger partial charge in [0.25, 0.3) is 5.91 Å². The van der Waals surface area contributed by atoms with E-state index in [1.54, 1.807) is 11.0 Å². The molecule has 0 radical (unpaired) electrons. The third kappa shape index (κ3) is 4.70. The van der Waals surface area contributed by atoms with Gasteiger partial charge in [0.15, 0.2) is 0 Å². The summed E-state index contributed by atoms with van der Waals surface area (Å²) in [4.78, 5) is 27.0. The van der Waals surface area contributed by atoms with Gasteiger partial charge in [-0.25, -0.2) is 4.39 Å². The molecule has 3 unspecified atom stereocenters. The van der Waals surface area contributed by atoms with Crippen LogP contribution in [0.15, 0.2) is 42.5 Å². The van der Waals surface area contributed by atoms with Gasteiger partial charge < -0.3 is 15.1 Å². The largest absolute Gasteiger partial charge is 0.481 e. The Morgan fingerprint density at radius 3 is 2.25 bits per heavy atom. The molecule has 2 aliphatic carbocycles. The molecule has 0 spiro atoms. The Morgan fingerprint density at radius 1 is 1.00 bits per heavy atom. The van der Waals surface area contributed by atoms with Crippen LogP contribution in [0, 0.1) is 12.8 Å². The Labute approximate surface area is 231 Å². The Morgan fingerprint density at radius 2 is 1.65 bits per heavy atom. The van der Waals surface area contributed by atoms with Crippen LogP contribution in [-0.2, 0) is 33.5 Å². The van der Waals surface area contributed by atoms with E-state index in [2.05, 4.69) is 0 Å². The number of aliphatic hydroxyl groups is 1. The average Bonchev–Trinajstić information content (AvgIpc) is 3.28. The summed E-state index contributed by atoms with van der Waals surface area (Å²) in [6, 6.07) is 11.9. The lowest BCUT2D eigenvalue weighted by atomic mass is 9.63. The average molecular weight is 562 g/mol. The van der Waals surface area contributed by atoms with Crippen LogP contribution in [0.2, 0.25) is 0 Å². The van der Waals surface area contributed by atoms with Gasteiger partial charge in [0.05, 0.1) is 5.92 Å². The van der Waals surface area contributed by atoms with Crippen molar-refractivity contribution in [3.63, 3.8) is 0 Å². The molecule has 5 nitrogen and oxygen atoms in total. The number of likely N-dealkylation sites (tertiary alicyclic amines) is 1. The zero-order chi connectivity index (χ0) is 29.1. The predicted molar refractivity (Wildman–Crippen MR) is 141 cm³/mol. The maximum absolute atomic E-state index is 14.9. The fourth-order valence-corrected chi connectivity index (χ4v) is 7.16. The zero-order valence-corrected chi connectivity index (χ0v) is 22.7. The number of carboxylic acid groups (broad SMARTS) is 1. The summed E-state index contributed by atoms with van der Waals surface area (Å²) in [7, 11) is 0. The van der Waals surface area contributed by atoms with Gasteiger partial charge in [-0.05, 0) is 87.5 Å². The highest BCUT2D eigenvalue weighted by molar-refractivity contribution is 5.86. The number of nitrogens with zero attached hydrogens (tertiary/aromatic N) is 1. The van der Waals surface area contributed by atoms with Crippen molar-refractivity contribution in [2.75, 3.05) is 6.54 Å². The number of carbonyl (C=O) groups is 2. The van der Waals surface area contributed by atoms with E-state index in [4.69, 9.17) is 0 Å². The molecule has 1 saturated heterocycles. The molecule has 1 saturated carbocycles. The van der Waals surface area contributed by atoms with Crippen LogP contribution in [0.25, 0.3) is 0 Å². The Hall–Kier alpha value is -2.94. The number of rotatable bonds is 5. The minimum absolute atomic E-state index is 0.0729. The SMILES string of the molecule is Cc1ccc(CC23CCN(C(=O)C4(O)CCC(C(=O)O)CC4)C2CCc2cc(C(C)(F)C(F)(F)F)ccc23)cc1. The van der Waals surface area contributed by atoms with Gasteiger partial charge in [-0.15, -0.1) is 0 Å². The highest BCUT2D eigenvalue weighted by Gasteiger charge is 2.57. The van der Waals surface area contributed by atoms with Crippen LogP contribution in [0.3, 0.4) is 0 Å². The van der Waals surface area contributed by atoms with Crippen LogP contribution in [0.4, 0.5) is 17.6 Å². The second-order valence-electron chi connectivity index (χ2n) is 12.1. The molecule has 2 aromatic rings. The Kier molecular flexibility index (Phi) is 7.04.